The molecule has 2 aromatic carbocycles. The van der Waals surface area contributed by atoms with Gasteiger partial charge in [-0.2, -0.15) is 0 Å². The molecule has 0 saturated carbocycles. The Morgan fingerprint density at radius 3 is 2.60 bits per heavy atom. The van der Waals surface area contributed by atoms with E-state index in [4.69, 9.17) is 33.7 Å². The number of rotatable bonds is 5. The van der Waals surface area contributed by atoms with E-state index in [1.54, 1.807) is 12.1 Å². The van der Waals surface area contributed by atoms with Crippen molar-refractivity contribution >= 4 is 40.4 Å². The van der Waals surface area contributed by atoms with Crippen LogP contribution in [-0.4, -0.2) is 10.9 Å². The largest absolute Gasteiger partial charge is 0.483 e. The third-order valence-corrected chi connectivity index (χ3v) is 4.73. The molecule has 3 aromatic rings. The van der Waals surface area contributed by atoms with Crippen molar-refractivity contribution < 1.29 is 13.9 Å². The van der Waals surface area contributed by atoms with Gasteiger partial charge in [-0.3, -0.25) is 4.79 Å². The van der Waals surface area contributed by atoms with E-state index in [1.807, 2.05) is 17.5 Å². The number of nitrogens with zero attached hydrogens (tertiary/aromatic N) is 1. The van der Waals surface area contributed by atoms with Crippen LogP contribution < -0.4 is 10.5 Å². The molecule has 0 fully saturated rings. The number of carbonyl (C=O) groups is 1. The van der Waals surface area contributed by atoms with Gasteiger partial charge in [0.25, 0.3) is 5.91 Å². The van der Waals surface area contributed by atoms with Gasteiger partial charge in [0, 0.05) is 16.0 Å². The molecule has 1 heterocycles. The second-order valence-electron chi connectivity index (χ2n) is 5.02. The molecule has 25 heavy (non-hydrogen) atoms. The summed E-state index contributed by atoms with van der Waals surface area (Å²) in [6, 6.07) is 9.99. The van der Waals surface area contributed by atoms with Gasteiger partial charge in [0.1, 0.15) is 11.6 Å². The quantitative estimate of drug-likeness (QED) is 0.664. The maximum absolute atomic E-state index is 14.3. The Hall–Kier alpha value is -2.15. The van der Waals surface area contributed by atoms with Gasteiger partial charge in [-0.25, -0.2) is 9.37 Å². The van der Waals surface area contributed by atoms with Gasteiger partial charge in [-0.1, -0.05) is 35.3 Å². The molecule has 0 unspecified atom stereocenters. The van der Waals surface area contributed by atoms with Gasteiger partial charge in [0.05, 0.1) is 16.3 Å². The van der Waals surface area contributed by atoms with Crippen LogP contribution in [0.1, 0.15) is 15.4 Å². The molecular formula is C17H11Cl2FN2O2S. The number of hydrogen-bond donors (Lipinski definition) is 1. The van der Waals surface area contributed by atoms with Crippen LogP contribution >= 0.6 is 34.5 Å². The first-order valence-corrected chi connectivity index (χ1v) is 8.70. The molecule has 2 N–H and O–H groups in total. The first-order chi connectivity index (χ1) is 12.0. The molecule has 0 radical (unpaired) electrons. The van der Waals surface area contributed by atoms with Gasteiger partial charge < -0.3 is 10.5 Å². The predicted octanol–water partition coefficient (Wildman–Crippen LogP) is 4.93. The van der Waals surface area contributed by atoms with E-state index in [0.29, 0.717) is 10.0 Å². The lowest BCUT2D eigenvalue weighted by Gasteiger charge is -2.09. The summed E-state index contributed by atoms with van der Waals surface area (Å²) in [5, 5.41) is 3.11. The van der Waals surface area contributed by atoms with Crippen molar-refractivity contribution in [2.24, 2.45) is 5.73 Å². The lowest BCUT2D eigenvalue weighted by Crippen LogP contribution is -2.14. The fourth-order valence-electron chi connectivity index (χ4n) is 2.14. The molecule has 0 atom stereocenters. The number of nitrogens with two attached hydrogens (primary N) is 1. The Kier molecular flexibility index (Phi) is 5.22. The molecule has 0 aliphatic carbocycles. The Morgan fingerprint density at radius 1 is 1.20 bits per heavy atom. The summed E-state index contributed by atoms with van der Waals surface area (Å²) in [5.74, 6) is -1.94. The summed E-state index contributed by atoms with van der Waals surface area (Å²) in [5.41, 5.74) is 6.43. The molecule has 1 aromatic heterocycles. The number of halogens is 3. The maximum atomic E-state index is 14.3. The van der Waals surface area contributed by atoms with E-state index in [0.717, 1.165) is 11.3 Å². The average Bonchev–Trinajstić information content (AvgIpc) is 3.03. The number of hydrogen-bond acceptors (Lipinski definition) is 4. The molecule has 4 nitrogen and oxygen atoms in total. The smallest absolute Gasteiger partial charge is 0.253 e. The maximum Gasteiger partial charge on any atom is 0.253 e. The Morgan fingerprint density at radius 2 is 1.92 bits per heavy atom. The van der Waals surface area contributed by atoms with Crippen LogP contribution in [0.2, 0.25) is 10.0 Å². The topological polar surface area (TPSA) is 65.2 Å². The molecule has 0 spiro atoms. The normalized spacial score (nSPS) is 10.7. The number of thiazole rings is 1. The van der Waals surface area contributed by atoms with E-state index in [1.165, 1.54) is 23.5 Å². The highest BCUT2D eigenvalue weighted by Crippen LogP contribution is 2.29. The number of carbonyl (C=O) groups excluding carboxylic acids is 1. The first-order valence-electron chi connectivity index (χ1n) is 7.06. The summed E-state index contributed by atoms with van der Waals surface area (Å²) in [6.07, 6.45) is 0. The van der Waals surface area contributed by atoms with Crippen molar-refractivity contribution in [3.63, 3.8) is 0 Å². The van der Waals surface area contributed by atoms with Crippen molar-refractivity contribution in [2.75, 3.05) is 0 Å². The third-order valence-electron chi connectivity index (χ3n) is 3.34. The van der Waals surface area contributed by atoms with Gasteiger partial charge in [-0.05, 0) is 24.3 Å². The Bertz CT molecular complexity index is 929. The van der Waals surface area contributed by atoms with Crippen LogP contribution in [0.5, 0.6) is 5.75 Å². The predicted molar refractivity (Wildman–Crippen MR) is 96.8 cm³/mol. The van der Waals surface area contributed by atoms with E-state index < -0.39 is 11.7 Å². The molecule has 1 amide bonds. The second kappa shape index (κ2) is 7.39. The van der Waals surface area contributed by atoms with Gasteiger partial charge in [0.15, 0.2) is 11.6 Å². The van der Waals surface area contributed by atoms with Gasteiger partial charge in [0.2, 0.25) is 0 Å². The zero-order valence-electron chi connectivity index (χ0n) is 12.6. The number of aromatic nitrogens is 1. The second-order valence-corrected chi connectivity index (χ2v) is 6.81. The molecule has 0 aliphatic heterocycles. The number of ether oxygens (including phenoxy) is 1. The van der Waals surface area contributed by atoms with Crippen molar-refractivity contribution in [3.05, 3.63) is 68.2 Å². The summed E-state index contributed by atoms with van der Waals surface area (Å²) < 4.78 is 19.7. The molecule has 0 saturated heterocycles. The number of primary amides is 1. The van der Waals surface area contributed by atoms with Crippen molar-refractivity contribution in [3.8, 4) is 17.0 Å². The molecule has 0 bridgehead atoms. The van der Waals surface area contributed by atoms with Crippen molar-refractivity contribution in [1.29, 1.82) is 0 Å². The zero-order valence-corrected chi connectivity index (χ0v) is 15.0. The van der Waals surface area contributed by atoms with Gasteiger partial charge >= 0.3 is 0 Å². The fraction of sp³-hybridized carbons (Fsp3) is 0.0588. The molecule has 0 aliphatic rings. The minimum absolute atomic E-state index is 0.0506. The van der Waals surface area contributed by atoms with Gasteiger partial charge in [-0.15, -0.1) is 11.3 Å². The highest BCUT2D eigenvalue weighted by molar-refractivity contribution is 7.09. The first kappa shape index (κ1) is 17.7. The highest BCUT2D eigenvalue weighted by atomic mass is 35.5. The van der Waals surface area contributed by atoms with Crippen LogP contribution in [0.3, 0.4) is 0 Å². The SMILES string of the molecule is NC(=O)c1c(Cl)ccc(OCc2nc(-c3ccc(Cl)cc3)cs2)c1F. The molecule has 8 heteroatoms. The van der Waals surface area contributed by atoms with E-state index in [2.05, 4.69) is 4.98 Å². The molecular weight excluding hydrogens is 386 g/mol. The standard InChI is InChI=1S/C17H11Cl2FN2O2S/c18-10-3-1-9(2-4-10)12-8-25-14(22-12)7-24-13-6-5-11(19)15(16(13)20)17(21)23/h1-6,8H,7H2,(H2,21,23). The van der Waals surface area contributed by atoms with Crippen LogP contribution in [0.15, 0.2) is 41.8 Å². The lowest BCUT2D eigenvalue weighted by molar-refractivity contribution is 0.0995. The minimum atomic E-state index is -0.952. The highest BCUT2D eigenvalue weighted by Gasteiger charge is 2.18. The lowest BCUT2D eigenvalue weighted by atomic mass is 10.2. The summed E-state index contributed by atoms with van der Waals surface area (Å²) in [6.45, 7) is 0.0506. The third kappa shape index (κ3) is 3.92. The van der Waals surface area contributed by atoms with Crippen LogP contribution in [-0.2, 0) is 6.61 Å². The summed E-state index contributed by atoms with van der Waals surface area (Å²) in [7, 11) is 0. The van der Waals surface area contributed by atoms with Crippen LogP contribution in [0.4, 0.5) is 4.39 Å². The number of amides is 1. The zero-order chi connectivity index (χ0) is 18.0. The Balaban J connectivity index is 1.76. The fourth-order valence-corrected chi connectivity index (χ4v) is 3.22. The van der Waals surface area contributed by atoms with Crippen molar-refractivity contribution in [2.45, 2.75) is 6.61 Å². The average molecular weight is 397 g/mol. The van der Waals surface area contributed by atoms with Crippen LogP contribution in [0, 0.1) is 5.82 Å². The van der Waals surface area contributed by atoms with E-state index in [9.17, 15) is 9.18 Å². The Labute approximate surface area is 157 Å². The van der Waals surface area contributed by atoms with Crippen LogP contribution in [0.25, 0.3) is 11.3 Å². The monoisotopic (exact) mass is 396 g/mol. The van der Waals surface area contributed by atoms with E-state index >= 15 is 0 Å². The minimum Gasteiger partial charge on any atom is -0.483 e. The number of benzene rings is 2. The molecule has 3 rings (SSSR count). The summed E-state index contributed by atoms with van der Waals surface area (Å²) >= 11 is 13.0. The molecule has 128 valence electrons. The summed E-state index contributed by atoms with van der Waals surface area (Å²) in [4.78, 5) is 15.7. The van der Waals surface area contributed by atoms with Crippen molar-refractivity contribution in [1.82, 2.24) is 4.98 Å². The van der Waals surface area contributed by atoms with E-state index in [-0.39, 0.29) is 22.9 Å².